The lowest BCUT2D eigenvalue weighted by Gasteiger charge is -2.32. The van der Waals surface area contributed by atoms with Crippen molar-refractivity contribution < 1.29 is 22.7 Å². The first-order valence-corrected chi connectivity index (χ1v) is 9.85. The topological polar surface area (TPSA) is 63.1 Å². The van der Waals surface area contributed by atoms with Gasteiger partial charge in [0, 0.05) is 43.2 Å². The highest BCUT2D eigenvalue weighted by Crippen LogP contribution is 2.31. The maximum atomic E-state index is 12.8. The van der Waals surface area contributed by atoms with Crippen molar-refractivity contribution in [1.82, 2.24) is 19.7 Å². The Labute approximate surface area is 171 Å². The molecule has 9 heteroatoms. The molecule has 160 valence electrons. The number of benzene rings is 1. The number of ether oxygens (including phenoxy) is 1. The maximum absolute atomic E-state index is 12.8. The molecule has 4 rings (SSSR count). The van der Waals surface area contributed by atoms with Crippen LogP contribution in [0.1, 0.15) is 34.6 Å². The predicted molar refractivity (Wildman–Crippen MR) is 106 cm³/mol. The molecule has 0 spiro atoms. The molecule has 3 heterocycles. The molecule has 1 aliphatic rings. The molecule has 0 unspecified atom stereocenters. The van der Waals surface area contributed by atoms with Crippen LogP contribution in [0.4, 0.5) is 13.2 Å². The van der Waals surface area contributed by atoms with Crippen molar-refractivity contribution >= 4 is 16.8 Å². The molecule has 1 aliphatic heterocycles. The van der Waals surface area contributed by atoms with Gasteiger partial charge in [0.05, 0.1) is 16.8 Å². The van der Waals surface area contributed by atoms with Gasteiger partial charge in [0.1, 0.15) is 18.4 Å². The molecule has 0 atom stereocenters. The lowest BCUT2D eigenvalue weighted by atomic mass is 10.1. The molecule has 1 N–H and O–H groups in total. The van der Waals surface area contributed by atoms with Gasteiger partial charge in [-0.1, -0.05) is 6.07 Å². The van der Waals surface area contributed by atoms with Gasteiger partial charge in [0.25, 0.3) is 5.91 Å². The number of H-pyrrole nitrogens is 1. The van der Waals surface area contributed by atoms with E-state index in [1.807, 2.05) is 6.92 Å². The minimum absolute atomic E-state index is 0.0384. The first-order valence-electron chi connectivity index (χ1n) is 9.85. The van der Waals surface area contributed by atoms with E-state index in [9.17, 15) is 18.0 Å². The fourth-order valence-corrected chi connectivity index (χ4v) is 4.01. The van der Waals surface area contributed by atoms with Crippen LogP contribution in [0.15, 0.2) is 30.5 Å². The van der Waals surface area contributed by atoms with Crippen molar-refractivity contribution in [3.63, 3.8) is 0 Å². The van der Waals surface area contributed by atoms with Crippen molar-refractivity contribution in [2.45, 2.75) is 45.5 Å². The number of piperidine rings is 1. The van der Waals surface area contributed by atoms with Crippen molar-refractivity contribution in [1.29, 1.82) is 0 Å². The molecule has 2 aromatic heterocycles. The number of rotatable bonds is 4. The number of carbonyl (C=O) groups is 1. The third kappa shape index (κ3) is 4.01. The number of carbonyl (C=O) groups excluding carboxylic acids is 1. The number of fused-ring (bicyclic) bond motifs is 1. The van der Waals surface area contributed by atoms with Crippen LogP contribution >= 0.6 is 0 Å². The van der Waals surface area contributed by atoms with E-state index in [4.69, 9.17) is 4.74 Å². The SMILES string of the molecule is Cc1n[nH]c(C)c1C(=O)N1CCC(Oc2cccc3c2ccn3CC(F)(F)F)CC1. The monoisotopic (exact) mass is 420 g/mol. The van der Waals surface area contributed by atoms with E-state index in [1.165, 1.54) is 10.8 Å². The Bertz CT molecular complexity index is 1040. The number of hydrogen-bond donors (Lipinski definition) is 1. The van der Waals surface area contributed by atoms with Crippen molar-refractivity contribution in [2.24, 2.45) is 0 Å². The van der Waals surface area contributed by atoms with Gasteiger partial charge in [-0.3, -0.25) is 9.89 Å². The Morgan fingerprint density at radius 2 is 1.97 bits per heavy atom. The van der Waals surface area contributed by atoms with E-state index < -0.39 is 12.7 Å². The molecule has 6 nitrogen and oxygen atoms in total. The highest BCUT2D eigenvalue weighted by molar-refractivity contribution is 5.96. The van der Waals surface area contributed by atoms with Crippen LogP contribution in [0.3, 0.4) is 0 Å². The molecule has 0 aliphatic carbocycles. The molecule has 1 fully saturated rings. The second kappa shape index (κ2) is 7.70. The number of aromatic amines is 1. The Morgan fingerprint density at radius 3 is 2.60 bits per heavy atom. The van der Waals surface area contributed by atoms with Gasteiger partial charge in [0.2, 0.25) is 0 Å². The lowest BCUT2D eigenvalue weighted by Crippen LogP contribution is -2.42. The van der Waals surface area contributed by atoms with E-state index in [1.54, 1.807) is 36.1 Å². The van der Waals surface area contributed by atoms with E-state index in [0.29, 0.717) is 53.8 Å². The molecule has 1 aromatic carbocycles. The average molecular weight is 420 g/mol. The normalized spacial score (nSPS) is 15.7. The van der Waals surface area contributed by atoms with Gasteiger partial charge in [0.15, 0.2) is 0 Å². The van der Waals surface area contributed by atoms with E-state index >= 15 is 0 Å². The third-order valence-corrected chi connectivity index (χ3v) is 5.49. The third-order valence-electron chi connectivity index (χ3n) is 5.49. The first-order chi connectivity index (χ1) is 14.2. The summed E-state index contributed by atoms with van der Waals surface area (Å²) in [7, 11) is 0. The fourth-order valence-electron chi connectivity index (χ4n) is 4.01. The van der Waals surface area contributed by atoms with Crippen LogP contribution in [0.5, 0.6) is 5.75 Å². The van der Waals surface area contributed by atoms with Crippen LogP contribution in [-0.4, -0.2) is 50.9 Å². The van der Waals surface area contributed by atoms with Gasteiger partial charge >= 0.3 is 6.18 Å². The number of nitrogens with one attached hydrogen (secondary N) is 1. The zero-order valence-electron chi connectivity index (χ0n) is 16.8. The van der Waals surface area contributed by atoms with Gasteiger partial charge in [-0.15, -0.1) is 0 Å². The number of halogens is 3. The Balaban J connectivity index is 1.43. The smallest absolute Gasteiger partial charge is 0.406 e. The van der Waals surface area contributed by atoms with Crippen LogP contribution in [0, 0.1) is 13.8 Å². The number of aromatic nitrogens is 3. The van der Waals surface area contributed by atoms with Gasteiger partial charge in [-0.25, -0.2) is 0 Å². The minimum atomic E-state index is -4.28. The second-order valence-corrected chi connectivity index (χ2v) is 7.67. The zero-order valence-corrected chi connectivity index (χ0v) is 16.8. The number of likely N-dealkylation sites (tertiary alicyclic amines) is 1. The fraction of sp³-hybridized carbons (Fsp3) is 0.429. The molecular formula is C21H23F3N4O2. The van der Waals surface area contributed by atoms with Crippen LogP contribution in [0.2, 0.25) is 0 Å². The van der Waals surface area contributed by atoms with Gasteiger partial charge in [-0.05, 0) is 32.0 Å². The summed E-state index contributed by atoms with van der Waals surface area (Å²) >= 11 is 0. The minimum Gasteiger partial charge on any atom is -0.490 e. The number of alkyl halides is 3. The Kier molecular flexibility index (Phi) is 5.21. The van der Waals surface area contributed by atoms with Crippen LogP contribution in [-0.2, 0) is 6.54 Å². The van der Waals surface area contributed by atoms with Gasteiger partial charge < -0.3 is 14.2 Å². The second-order valence-electron chi connectivity index (χ2n) is 7.67. The highest BCUT2D eigenvalue weighted by Gasteiger charge is 2.29. The molecule has 30 heavy (non-hydrogen) atoms. The lowest BCUT2D eigenvalue weighted by molar-refractivity contribution is -0.139. The summed E-state index contributed by atoms with van der Waals surface area (Å²) in [5.74, 6) is 0.531. The Hall–Kier alpha value is -2.97. The predicted octanol–water partition coefficient (Wildman–Crippen LogP) is 4.23. The summed E-state index contributed by atoms with van der Waals surface area (Å²) in [4.78, 5) is 14.6. The molecule has 0 saturated carbocycles. The summed E-state index contributed by atoms with van der Waals surface area (Å²) in [6, 6.07) is 6.79. The number of nitrogens with zero attached hydrogens (tertiary/aromatic N) is 3. The summed E-state index contributed by atoms with van der Waals surface area (Å²) in [5, 5.41) is 7.58. The first kappa shape index (κ1) is 20.3. The Morgan fingerprint density at radius 1 is 1.23 bits per heavy atom. The number of aryl methyl sites for hydroxylation is 2. The molecule has 1 amide bonds. The summed E-state index contributed by atoms with van der Waals surface area (Å²) in [6.45, 7) is 3.71. The molecule has 0 bridgehead atoms. The van der Waals surface area contributed by atoms with Crippen LogP contribution in [0.25, 0.3) is 10.9 Å². The summed E-state index contributed by atoms with van der Waals surface area (Å²) < 4.78 is 45.7. The van der Waals surface area contributed by atoms with E-state index in [-0.39, 0.29) is 12.0 Å². The average Bonchev–Trinajstić information content (AvgIpc) is 3.24. The molecular weight excluding hydrogens is 397 g/mol. The van der Waals surface area contributed by atoms with Crippen molar-refractivity contribution in [2.75, 3.05) is 13.1 Å². The number of amides is 1. The number of hydrogen-bond acceptors (Lipinski definition) is 3. The summed E-state index contributed by atoms with van der Waals surface area (Å²) in [6.07, 6.45) is -1.64. The standard InChI is InChI=1S/C21H23F3N4O2/c1-13-19(14(2)26-25-13)20(29)27-9-6-15(7-10-27)30-18-5-3-4-17-16(18)8-11-28(17)12-21(22,23)24/h3-5,8,11,15H,6-7,9-10,12H2,1-2H3,(H,25,26). The van der Waals surface area contributed by atoms with Crippen LogP contribution < -0.4 is 4.74 Å². The van der Waals surface area contributed by atoms with Crippen molar-refractivity contribution in [3.8, 4) is 5.75 Å². The molecule has 1 saturated heterocycles. The quantitative estimate of drug-likeness (QED) is 0.687. The molecule has 3 aromatic rings. The summed E-state index contributed by atoms with van der Waals surface area (Å²) in [5.41, 5.74) is 2.55. The van der Waals surface area contributed by atoms with Crippen molar-refractivity contribution in [3.05, 3.63) is 47.4 Å². The zero-order chi connectivity index (χ0) is 21.5. The maximum Gasteiger partial charge on any atom is 0.406 e. The highest BCUT2D eigenvalue weighted by atomic mass is 19.4. The largest absolute Gasteiger partial charge is 0.490 e. The van der Waals surface area contributed by atoms with E-state index in [2.05, 4.69) is 10.2 Å². The van der Waals surface area contributed by atoms with E-state index in [0.717, 1.165) is 5.69 Å². The van der Waals surface area contributed by atoms with Gasteiger partial charge in [-0.2, -0.15) is 18.3 Å². The molecule has 0 radical (unpaired) electrons.